The lowest BCUT2D eigenvalue weighted by Crippen LogP contribution is -2.13. The van der Waals surface area contributed by atoms with E-state index < -0.39 is 0 Å². The maximum Gasteiger partial charge on any atom is 0.261 e. The summed E-state index contributed by atoms with van der Waals surface area (Å²) in [5.41, 5.74) is 1.58. The zero-order valence-corrected chi connectivity index (χ0v) is 14.6. The third-order valence-corrected chi connectivity index (χ3v) is 4.84. The zero-order chi connectivity index (χ0) is 15.7. The van der Waals surface area contributed by atoms with E-state index in [9.17, 15) is 4.79 Å². The standard InChI is InChI=1S/C15H10BrClN2O2S/c1-8-13(14(19-21-8)11-5-6-12(16)22-11)15(20)18-10-4-2-3-9(17)7-10/h2-7H,1H3,(H,18,20). The van der Waals surface area contributed by atoms with Gasteiger partial charge in [0.15, 0.2) is 0 Å². The number of carbonyl (C=O) groups is 1. The monoisotopic (exact) mass is 396 g/mol. The maximum absolute atomic E-state index is 12.5. The Kier molecular flexibility index (Phi) is 4.33. The number of amides is 1. The fraction of sp³-hybridized carbons (Fsp3) is 0.0667. The number of rotatable bonds is 3. The first kappa shape index (κ1) is 15.3. The van der Waals surface area contributed by atoms with Crippen LogP contribution in [0.2, 0.25) is 5.02 Å². The van der Waals surface area contributed by atoms with Gasteiger partial charge >= 0.3 is 0 Å². The van der Waals surface area contributed by atoms with Crippen LogP contribution >= 0.6 is 38.9 Å². The fourth-order valence-electron chi connectivity index (χ4n) is 2.01. The molecule has 1 amide bonds. The average molecular weight is 398 g/mol. The number of anilines is 1. The summed E-state index contributed by atoms with van der Waals surface area (Å²) >= 11 is 10.8. The maximum atomic E-state index is 12.5. The summed E-state index contributed by atoms with van der Waals surface area (Å²) in [4.78, 5) is 13.4. The predicted octanol–water partition coefficient (Wildman–Crippen LogP) is 5.38. The van der Waals surface area contributed by atoms with Gasteiger partial charge in [-0.3, -0.25) is 4.79 Å². The summed E-state index contributed by atoms with van der Waals surface area (Å²) in [6.45, 7) is 1.71. The first-order valence-corrected chi connectivity index (χ1v) is 8.32. The van der Waals surface area contributed by atoms with Gasteiger partial charge in [-0.05, 0) is 53.2 Å². The summed E-state index contributed by atoms with van der Waals surface area (Å²) in [6.07, 6.45) is 0. The number of aromatic nitrogens is 1. The first-order valence-electron chi connectivity index (χ1n) is 6.33. The second-order valence-electron chi connectivity index (χ2n) is 4.53. The molecule has 0 saturated heterocycles. The van der Waals surface area contributed by atoms with E-state index in [4.69, 9.17) is 16.1 Å². The van der Waals surface area contributed by atoms with Gasteiger partial charge in [0.2, 0.25) is 0 Å². The van der Waals surface area contributed by atoms with E-state index in [1.807, 2.05) is 12.1 Å². The second-order valence-corrected chi connectivity index (χ2v) is 7.43. The normalized spacial score (nSPS) is 10.7. The van der Waals surface area contributed by atoms with Crippen molar-refractivity contribution in [3.63, 3.8) is 0 Å². The summed E-state index contributed by atoms with van der Waals surface area (Å²) in [7, 11) is 0. The third kappa shape index (κ3) is 3.09. The summed E-state index contributed by atoms with van der Waals surface area (Å²) in [5, 5.41) is 7.38. The number of aryl methyl sites for hydroxylation is 1. The van der Waals surface area contributed by atoms with Gasteiger partial charge in [0, 0.05) is 10.7 Å². The summed E-state index contributed by atoms with van der Waals surface area (Å²) in [5.74, 6) is 0.194. The van der Waals surface area contributed by atoms with E-state index >= 15 is 0 Å². The minimum atomic E-state index is -0.277. The van der Waals surface area contributed by atoms with Crippen molar-refractivity contribution >= 4 is 50.5 Å². The van der Waals surface area contributed by atoms with Crippen molar-refractivity contribution in [3.05, 3.63) is 56.5 Å². The van der Waals surface area contributed by atoms with Crippen molar-refractivity contribution < 1.29 is 9.32 Å². The first-order chi connectivity index (χ1) is 10.5. The lowest BCUT2D eigenvalue weighted by Gasteiger charge is -2.05. The van der Waals surface area contributed by atoms with Crippen LogP contribution in [0.1, 0.15) is 16.1 Å². The summed E-state index contributed by atoms with van der Waals surface area (Å²) < 4.78 is 6.16. The number of thiophene rings is 1. The molecule has 3 aromatic rings. The molecular weight excluding hydrogens is 388 g/mol. The number of carbonyl (C=O) groups excluding carboxylic acids is 1. The molecule has 0 aliphatic heterocycles. The highest BCUT2D eigenvalue weighted by molar-refractivity contribution is 9.11. The van der Waals surface area contributed by atoms with Crippen molar-refractivity contribution in [1.29, 1.82) is 0 Å². The zero-order valence-electron chi connectivity index (χ0n) is 11.4. The molecule has 1 N–H and O–H groups in total. The quantitative estimate of drug-likeness (QED) is 0.645. The number of benzene rings is 1. The molecule has 0 bridgehead atoms. The highest BCUT2D eigenvalue weighted by Crippen LogP contribution is 2.34. The topological polar surface area (TPSA) is 55.1 Å². The van der Waals surface area contributed by atoms with Crippen LogP contribution in [0.25, 0.3) is 10.6 Å². The molecule has 0 unspecified atom stereocenters. The average Bonchev–Trinajstić information content (AvgIpc) is 3.04. The minimum absolute atomic E-state index is 0.277. The smallest absolute Gasteiger partial charge is 0.261 e. The minimum Gasteiger partial charge on any atom is -0.360 e. The molecule has 0 aliphatic carbocycles. The number of nitrogens with one attached hydrogen (secondary N) is 1. The van der Waals surface area contributed by atoms with E-state index in [1.54, 1.807) is 31.2 Å². The van der Waals surface area contributed by atoms with Crippen LogP contribution in [-0.2, 0) is 0 Å². The Balaban J connectivity index is 1.94. The van der Waals surface area contributed by atoms with Crippen molar-refractivity contribution in [3.8, 4) is 10.6 Å². The number of hydrogen-bond donors (Lipinski definition) is 1. The predicted molar refractivity (Wildman–Crippen MR) is 91.7 cm³/mol. The van der Waals surface area contributed by atoms with Gasteiger partial charge in [-0.15, -0.1) is 11.3 Å². The van der Waals surface area contributed by atoms with Crippen molar-refractivity contribution in [1.82, 2.24) is 5.16 Å². The van der Waals surface area contributed by atoms with Crippen LogP contribution in [0, 0.1) is 6.92 Å². The number of hydrogen-bond acceptors (Lipinski definition) is 4. The van der Waals surface area contributed by atoms with Crippen LogP contribution in [-0.4, -0.2) is 11.1 Å². The van der Waals surface area contributed by atoms with Gasteiger partial charge < -0.3 is 9.84 Å². The molecule has 0 spiro atoms. The largest absolute Gasteiger partial charge is 0.360 e. The number of nitrogens with zero attached hydrogens (tertiary/aromatic N) is 1. The van der Waals surface area contributed by atoms with Crippen LogP contribution in [0.15, 0.2) is 44.7 Å². The SMILES string of the molecule is Cc1onc(-c2ccc(Br)s2)c1C(=O)Nc1cccc(Cl)c1. The Morgan fingerprint density at radius 3 is 2.86 bits per heavy atom. The molecule has 0 radical (unpaired) electrons. The molecule has 4 nitrogen and oxygen atoms in total. The van der Waals surface area contributed by atoms with Gasteiger partial charge in [0.05, 0.1) is 8.66 Å². The van der Waals surface area contributed by atoms with Gasteiger partial charge in [-0.2, -0.15) is 0 Å². The van der Waals surface area contributed by atoms with Crippen molar-refractivity contribution in [2.24, 2.45) is 0 Å². The van der Waals surface area contributed by atoms with E-state index in [2.05, 4.69) is 26.4 Å². The number of halogens is 2. The van der Waals surface area contributed by atoms with E-state index in [-0.39, 0.29) is 5.91 Å². The molecule has 3 rings (SSSR count). The molecule has 2 heterocycles. The Morgan fingerprint density at radius 1 is 1.36 bits per heavy atom. The molecule has 112 valence electrons. The van der Waals surface area contributed by atoms with Crippen molar-refractivity contribution in [2.75, 3.05) is 5.32 Å². The van der Waals surface area contributed by atoms with Gasteiger partial charge in [0.25, 0.3) is 5.91 Å². The molecule has 1 aromatic carbocycles. The van der Waals surface area contributed by atoms with Crippen molar-refractivity contribution in [2.45, 2.75) is 6.92 Å². The third-order valence-electron chi connectivity index (χ3n) is 2.98. The van der Waals surface area contributed by atoms with E-state index in [0.717, 1.165) is 8.66 Å². The molecule has 0 atom stereocenters. The lowest BCUT2D eigenvalue weighted by molar-refractivity contribution is 0.102. The van der Waals surface area contributed by atoms with Crippen LogP contribution in [0.5, 0.6) is 0 Å². The van der Waals surface area contributed by atoms with E-state index in [1.165, 1.54) is 11.3 Å². The Bertz CT molecular complexity index is 844. The molecule has 22 heavy (non-hydrogen) atoms. The Morgan fingerprint density at radius 2 is 2.18 bits per heavy atom. The van der Waals surface area contributed by atoms with Crippen LogP contribution in [0.4, 0.5) is 5.69 Å². The van der Waals surface area contributed by atoms with Gasteiger partial charge in [0.1, 0.15) is 17.0 Å². The molecule has 0 fully saturated rings. The second kappa shape index (κ2) is 6.24. The van der Waals surface area contributed by atoms with E-state index in [0.29, 0.717) is 27.7 Å². The van der Waals surface area contributed by atoms with Gasteiger partial charge in [-0.25, -0.2) is 0 Å². The fourth-order valence-corrected chi connectivity index (χ4v) is 3.57. The molecule has 2 aromatic heterocycles. The molecule has 7 heteroatoms. The highest BCUT2D eigenvalue weighted by Gasteiger charge is 2.22. The van der Waals surface area contributed by atoms with Crippen LogP contribution < -0.4 is 5.32 Å². The molecule has 0 saturated carbocycles. The lowest BCUT2D eigenvalue weighted by atomic mass is 10.1. The summed E-state index contributed by atoms with van der Waals surface area (Å²) in [6, 6.07) is 10.8. The highest BCUT2D eigenvalue weighted by atomic mass is 79.9. The Hall–Kier alpha value is -1.63. The van der Waals surface area contributed by atoms with Gasteiger partial charge in [-0.1, -0.05) is 22.8 Å². The molecular formula is C15H10BrClN2O2S. The Labute approximate surface area is 144 Å². The molecule has 0 aliphatic rings. The van der Waals surface area contributed by atoms with Crippen LogP contribution in [0.3, 0.4) is 0 Å².